The first-order valence-electron chi connectivity index (χ1n) is 6.29. The van der Waals surface area contributed by atoms with Crippen molar-refractivity contribution >= 4 is 11.8 Å². The predicted molar refractivity (Wildman–Crippen MR) is 63.6 cm³/mol. The van der Waals surface area contributed by atoms with Gasteiger partial charge in [0.05, 0.1) is 18.3 Å². The molecule has 5 nitrogen and oxygen atoms in total. The molecule has 1 aromatic heterocycles. The van der Waals surface area contributed by atoms with E-state index >= 15 is 0 Å². The predicted octanol–water partition coefficient (Wildman–Crippen LogP) is 1.17. The fourth-order valence-electron chi connectivity index (χ4n) is 2.68. The third-order valence-corrected chi connectivity index (χ3v) is 3.85. The maximum absolute atomic E-state index is 11.6. The van der Waals surface area contributed by atoms with E-state index in [-0.39, 0.29) is 23.9 Å². The second-order valence-corrected chi connectivity index (χ2v) is 4.96. The van der Waals surface area contributed by atoms with Crippen molar-refractivity contribution < 1.29 is 14.0 Å². The Bertz CT molecular complexity index is 447. The summed E-state index contributed by atoms with van der Waals surface area (Å²) < 4.78 is 5.37. The Morgan fingerprint density at radius 2 is 1.94 bits per heavy atom. The van der Waals surface area contributed by atoms with Crippen LogP contribution in [0.4, 0.5) is 0 Å². The standard InChI is InChI=1S/C13H16N2O3/c1-9(11-3-2-6-18-11)14-7-10(8-14)15-12(16)4-5-13(15)17/h2-3,6,9-10H,4-5,7-8H2,1H3. The Hall–Kier alpha value is -1.62. The third-order valence-electron chi connectivity index (χ3n) is 3.85. The van der Waals surface area contributed by atoms with Crippen LogP contribution in [0.25, 0.3) is 0 Å². The van der Waals surface area contributed by atoms with Crippen LogP contribution in [-0.2, 0) is 9.59 Å². The molecule has 0 radical (unpaired) electrons. The summed E-state index contributed by atoms with van der Waals surface area (Å²) in [6.07, 6.45) is 2.42. The molecule has 2 aliphatic heterocycles. The number of rotatable bonds is 3. The first-order valence-corrected chi connectivity index (χ1v) is 6.29. The van der Waals surface area contributed by atoms with E-state index in [4.69, 9.17) is 4.42 Å². The molecule has 2 fully saturated rings. The first kappa shape index (κ1) is 11.5. The normalized spacial score (nSPS) is 23.5. The number of furan rings is 1. The molecule has 3 heterocycles. The fraction of sp³-hybridized carbons (Fsp3) is 0.538. The van der Waals surface area contributed by atoms with E-state index in [0.717, 1.165) is 18.8 Å². The summed E-state index contributed by atoms with van der Waals surface area (Å²) in [6.45, 7) is 3.57. The Morgan fingerprint density at radius 1 is 1.28 bits per heavy atom. The van der Waals surface area contributed by atoms with Gasteiger partial charge in [0.25, 0.3) is 0 Å². The molecule has 0 saturated carbocycles. The molecule has 18 heavy (non-hydrogen) atoms. The van der Waals surface area contributed by atoms with Gasteiger partial charge in [0.1, 0.15) is 5.76 Å². The van der Waals surface area contributed by atoms with E-state index in [0.29, 0.717) is 12.8 Å². The highest BCUT2D eigenvalue weighted by atomic mass is 16.3. The van der Waals surface area contributed by atoms with Gasteiger partial charge in [-0.3, -0.25) is 19.4 Å². The van der Waals surface area contributed by atoms with Gasteiger partial charge in [-0.05, 0) is 19.1 Å². The second-order valence-electron chi connectivity index (χ2n) is 4.96. The molecule has 0 N–H and O–H groups in total. The zero-order chi connectivity index (χ0) is 12.7. The summed E-state index contributed by atoms with van der Waals surface area (Å²) >= 11 is 0. The second kappa shape index (κ2) is 4.24. The molecule has 0 aliphatic carbocycles. The molecule has 3 rings (SSSR count). The van der Waals surface area contributed by atoms with Crippen molar-refractivity contribution in [3.63, 3.8) is 0 Å². The summed E-state index contributed by atoms with van der Waals surface area (Å²) in [4.78, 5) is 26.8. The average molecular weight is 248 g/mol. The molecule has 2 saturated heterocycles. The van der Waals surface area contributed by atoms with Crippen molar-refractivity contribution in [3.8, 4) is 0 Å². The molecule has 96 valence electrons. The summed E-state index contributed by atoms with van der Waals surface area (Å²) in [5.41, 5.74) is 0. The van der Waals surface area contributed by atoms with E-state index in [1.54, 1.807) is 6.26 Å². The molecule has 1 unspecified atom stereocenters. The zero-order valence-electron chi connectivity index (χ0n) is 10.3. The summed E-state index contributed by atoms with van der Waals surface area (Å²) in [7, 11) is 0. The minimum Gasteiger partial charge on any atom is -0.468 e. The van der Waals surface area contributed by atoms with Crippen LogP contribution in [0, 0.1) is 0 Å². The lowest BCUT2D eigenvalue weighted by Crippen LogP contribution is -2.60. The van der Waals surface area contributed by atoms with Crippen LogP contribution in [-0.4, -0.2) is 40.7 Å². The van der Waals surface area contributed by atoms with E-state index < -0.39 is 0 Å². The first-order chi connectivity index (χ1) is 8.66. The van der Waals surface area contributed by atoms with Gasteiger partial charge in [0.15, 0.2) is 0 Å². The lowest BCUT2D eigenvalue weighted by atomic mass is 10.0. The van der Waals surface area contributed by atoms with Gasteiger partial charge in [-0.2, -0.15) is 0 Å². The SMILES string of the molecule is CC(c1ccco1)N1CC(N2C(=O)CCC2=O)C1. The summed E-state index contributed by atoms with van der Waals surface area (Å²) in [5.74, 6) is 0.887. The summed E-state index contributed by atoms with van der Waals surface area (Å²) in [6, 6.07) is 4.08. The number of nitrogens with zero attached hydrogens (tertiary/aromatic N) is 2. The van der Waals surface area contributed by atoms with Gasteiger partial charge >= 0.3 is 0 Å². The van der Waals surface area contributed by atoms with Crippen LogP contribution < -0.4 is 0 Å². The van der Waals surface area contributed by atoms with Crippen LogP contribution in [0.5, 0.6) is 0 Å². The third kappa shape index (κ3) is 1.75. The topological polar surface area (TPSA) is 53.8 Å². The van der Waals surface area contributed by atoms with E-state index in [2.05, 4.69) is 11.8 Å². The number of carbonyl (C=O) groups is 2. The molecular weight excluding hydrogens is 232 g/mol. The molecule has 2 amide bonds. The molecule has 0 aromatic carbocycles. The lowest BCUT2D eigenvalue weighted by Gasteiger charge is -2.45. The van der Waals surface area contributed by atoms with Crippen molar-refractivity contribution in [3.05, 3.63) is 24.2 Å². The number of hydrogen-bond donors (Lipinski definition) is 0. The van der Waals surface area contributed by atoms with Crippen molar-refractivity contribution in [2.45, 2.75) is 31.8 Å². The van der Waals surface area contributed by atoms with Gasteiger partial charge in [0, 0.05) is 25.9 Å². The minimum absolute atomic E-state index is 0.0182. The molecular formula is C13H16N2O3. The molecule has 5 heteroatoms. The highest BCUT2D eigenvalue weighted by molar-refractivity contribution is 6.02. The highest BCUT2D eigenvalue weighted by Crippen LogP contribution is 2.29. The monoisotopic (exact) mass is 248 g/mol. The van der Waals surface area contributed by atoms with Gasteiger partial charge in [-0.15, -0.1) is 0 Å². The Labute approximate surface area is 105 Å². The zero-order valence-corrected chi connectivity index (χ0v) is 10.3. The van der Waals surface area contributed by atoms with Crippen LogP contribution >= 0.6 is 0 Å². The Kier molecular flexibility index (Phi) is 2.70. The lowest BCUT2D eigenvalue weighted by molar-refractivity contribution is -0.146. The number of carbonyl (C=O) groups excluding carboxylic acids is 2. The largest absolute Gasteiger partial charge is 0.468 e. The van der Waals surface area contributed by atoms with Crippen LogP contribution in [0.3, 0.4) is 0 Å². The molecule has 0 bridgehead atoms. The number of hydrogen-bond acceptors (Lipinski definition) is 4. The molecule has 2 aliphatic rings. The number of imide groups is 1. The van der Waals surface area contributed by atoms with Gasteiger partial charge in [-0.1, -0.05) is 0 Å². The number of likely N-dealkylation sites (tertiary alicyclic amines) is 2. The Morgan fingerprint density at radius 3 is 2.50 bits per heavy atom. The average Bonchev–Trinajstić information content (AvgIpc) is 2.90. The van der Waals surface area contributed by atoms with Crippen molar-refractivity contribution in [1.82, 2.24) is 9.80 Å². The molecule has 1 aromatic rings. The van der Waals surface area contributed by atoms with Crippen molar-refractivity contribution in [2.75, 3.05) is 13.1 Å². The van der Waals surface area contributed by atoms with Crippen molar-refractivity contribution in [2.24, 2.45) is 0 Å². The molecule has 1 atom stereocenters. The van der Waals surface area contributed by atoms with E-state index in [1.807, 2.05) is 12.1 Å². The maximum atomic E-state index is 11.6. The Balaban J connectivity index is 1.60. The van der Waals surface area contributed by atoms with Gasteiger partial charge in [0.2, 0.25) is 11.8 Å². The van der Waals surface area contributed by atoms with Crippen LogP contribution in [0.15, 0.2) is 22.8 Å². The highest BCUT2D eigenvalue weighted by Gasteiger charge is 2.42. The molecule has 0 spiro atoms. The maximum Gasteiger partial charge on any atom is 0.230 e. The van der Waals surface area contributed by atoms with Crippen molar-refractivity contribution in [1.29, 1.82) is 0 Å². The smallest absolute Gasteiger partial charge is 0.230 e. The van der Waals surface area contributed by atoms with Crippen LogP contribution in [0.2, 0.25) is 0 Å². The van der Waals surface area contributed by atoms with E-state index in [9.17, 15) is 9.59 Å². The van der Waals surface area contributed by atoms with E-state index in [1.165, 1.54) is 4.90 Å². The fourth-order valence-corrected chi connectivity index (χ4v) is 2.68. The minimum atomic E-state index is -0.0182. The number of amides is 2. The summed E-state index contributed by atoms with van der Waals surface area (Å²) in [5, 5.41) is 0. The van der Waals surface area contributed by atoms with Crippen LogP contribution in [0.1, 0.15) is 31.6 Å². The van der Waals surface area contributed by atoms with Gasteiger partial charge < -0.3 is 4.42 Å². The van der Waals surface area contributed by atoms with Gasteiger partial charge in [-0.25, -0.2) is 0 Å². The quantitative estimate of drug-likeness (QED) is 0.754.